The number of Topliss-reactive ketones (excluding diaryl/α,β-unsaturated/α-hetero) is 1. The molecule has 1 aromatic carbocycles. The Hall–Kier alpha value is -1.86. The molecule has 2 rings (SSSR count). The van der Waals surface area contributed by atoms with Crippen LogP contribution in [-0.4, -0.2) is 25.1 Å². The molecule has 0 spiro atoms. The van der Waals surface area contributed by atoms with Gasteiger partial charge >= 0.3 is 0 Å². The van der Waals surface area contributed by atoms with Crippen molar-refractivity contribution in [2.45, 2.75) is 32.3 Å². The fourth-order valence-corrected chi connectivity index (χ4v) is 2.48. The van der Waals surface area contributed by atoms with Gasteiger partial charge in [-0.15, -0.1) is 0 Å². The van der Waals surface area contributed by atoms with E-state index in [0.717, 1.165) is 11.3 Å². The van der Waals surface area contributed by atoms with Gasteiger partial charge in [-0.05, 0) is 38.0 Å². The van der Waals surface area contributed by atoms with E-state index in [1.54, 1.807) is 24.3 Å². The Balaban J connectivity index is 2.11. The quantitative estimate of drug-likeness (QED) is 0.827. The number of ether oxygens (including phenoxy) is 2. The molecule has 1 heterocycles. The molecule has 1 fully saturated rings. The minimum absolute atomic E-state index is 0.0407. The van der Waals surface area contributed by atoms with Gasteiger partial charge in [0.25, 0.3) is 0 Å². The van der Waals surface area contributed by atoms with Crippen LogP contribution in [0.15, 0.2) is 24.3 Å². The van der Waals surface area contributed by atoms with Crippen molar-refractivity contribution in [2.24, 2.45) is 5.92 Å². The molecule has 0 aromatic heterocycles. The van der Waals surface area contributed by atoms with Crippen LogP contribution in [0.2, 0.25) is 0 Å². The number of carbonyl (C=O) groups is 1. The average Bonchev–Trinajstić information content (AvgIpc) is 2.88. The maximum Gasteiger partial charge on any atom is 0.159 e. The molecule has 3 unspecified atom stereocenters. The lowest BCUT2D eigenvalue weighted by Crippen LogP contribution is -2.21. The van der Waals surface area contributed by atoms with Crippen LogP contribution in [-0.2, 0) is 9.53 Å². The van der Waals surface area contributed by atoms with E-state index in [2.05, 4.69) is 6.07 Å². The van der Waals surface area contributed by atoms with Gasteiger partial charge in [0.05, 0.1) is 25.4 Å². The number of hydrogen-bond acceptors (Lipinski definition) is 4. The fraction of sp³-hybridized carbons (Fsp3) is 0.500. The Morgan fingerprint density at radius 1 is 1.50 bits per heavy atom. The van der Waals surface area contributed by atoms with Crippen molar-refractivity contribution in [1.82, 2.24) is 0 Å². The molecule has 1 aliphatic heterocycles. The summed E-state index contributed by atoms with van der Waals surface area (Å²) in [7, 11) is 0. The van der Waals surface area contributed by atoms with Crippen LogP contribution < -0.4 is 4.74 Å². The first-order chi connectivity index (χ1) is 9.65. The van der Waals surface area contributed by atoms with Crippen LogP contribution in [0, 0.1) is 17.2 Å². The highest BCUT2D eigenvalue weighted by Crippen LogP contribution is 2.28. The zero-order valence-electron chi connectivity index (χ0n) is 11.8. The lowest BCUT2D eigenvalue weighted by atomic mass is 9.87. The SMILES string of the molecule is CCOc1ccc(C(C#N)C(=O)C2COC(C)C2)cc1. The Morgan fingerprint density at radius 3 is 2.70 bits per heavy atom. The van der Waals surface area contributed by atoms with E-state index in [-0.39, 0.29) is 17.8 Å². The monoisotopic (exact) mass is 273 g/mol. The van der Waals surface area contributed by atoms with Gasteiger partial charge in [0, 0.05) is 5.92 Å². The third-order valence-corrected chi connectivity index (χ3v) is 3.54. The number of nitrogens with zero attached hydrogens (tertiary/aromatic N) is 1. The molecule has 0 amide bonds. The molecule has 0 N–H and O–H groups in total. The molecule has 1 aliphatic rings. The van der Waals surface area contributed by atoms with Crippen molar-refractivity contribution >= 4 is 5.78 Å². The standard InChI is InChI=1S/C16H19NO3/c1-3-19-14-6-4-12(5-7-14)15(9-17)16(18)13-8-11(2)20-10-13/h4-7,11,13,15H,3,8,10H2,1-2H3. The largest absolute Gasteiger partial charge is 0.494 e. The van der Waals surface area contributed by atoms with Gasteiger partial charge in [0.15, 0.2) is 5.78 Å². The molecule has 4 heteroatoms. The minimum Gasteiger partial charge on any atom is -0.494 e. The Morgan fingerprint density at radius 2 is 2.20 bits per heavy atom. The molecule has 0 radical (unpaired) electrons. The van der Waals surface area contributed by atoms with Crippen LogP contribution in [0.3, 0.4) is 0 Å². The van der Waals surface area contributed by atoms with Crippen molar-refractivity contribution in [2.75, 3.05) is 13.2 Å². The molecule has 106 valence electrons. The normalized spacial score (nSPS) is 23.1. The highest BCUT2D eigenvalue weighted by Gasteiger charge is 2.33. The molecule has 0 aliphatic carbocycles. The third-order valence-electron chi connectivity index (χ3n) is 3.54. The summed E-state index contributed by atoms with van der Waals surface area (Å²) in [5.74, 6) is -0.176. The predicted octanol–water partition coefficient (Wildman–Crippen LogP) is 2.69. The number of benzene rings is 1. The highest BCUT2D eigenvalue weighted by molar-refractivity contribution is 5.90. The van der Waals surface area contributed by atoms with Crippen LogP contribution in [0.25, 0.3) is 0 Å². The van der Waals surface area contributed by atoms with Gasteiger partial charge in [0.1, 0.15) is 11.7 Å². The van der Waals surface area contributed by atoms with E-state index >= 15 is 0 Å². The summed E-state index contributed by atoms with van der Waals surface area (Å²) in [5.41, 5.74) is 0.723. The van der Waals surface area contributed by atoms with Crippen molar-refractivity contribution in [3.63, 3.8) is 0 Å². The van der Waals surface area contributed by atoms with Gasteiger partial charge in [0.2, 0.25) is 0 Å². The molecular weight excluding hydrogens is 254 g/mol. The van der Waals surface area contributed by atoms with Gasteiger partial charge in [-0.2, -0.15) is 5.26 Å². The number of nitriles is 1. The van der Waals surface area contributed by atoms with E-state index in [9.17, 15) is 10.1 Å². The molecule has 0 bridgehead atoms. The van der Waals surface area contributed by atoms with Crippen molar-refractivity contribution in [3.05, 3.63) is 29.8 Å². The Labute approximate surface area is 119 Å². The zero-order valence-corrected chi connectivity index (χ0v) is 11.8. The van der Waals surface area contributed by atoms with Gasteiger partial charge in [-0.3, -0.25) is 4.79 Å². The van der Waals surface area contributed by atoms with Crippen LogP contribution in [0.5, 0.6) is 5.75 Å². The van der Waals surface area contributed by atoms with E-state index in [1.165, 1.54) is 0 Å². The maximum atomic E-state index is 12.4. The fourth-order valence-electron chi connectivity index (χ4n) is 2.48. The Bertz CT molecular complexity index is 503. The summed E-state index contributed by atoms with van der Waals surface area (Å²) in [6.07, 6.45) is 0.803. The lowest BCUT2D eigenvalue weighted by Gasteiger charge is -2.13. The second kappa shape index (κ2) is 6.53. The first-order valence-corrected chi connectivity index (χ1v) is 6.93. The summed E-state index contributed by atoms with van der Waals surface area (Å²) in [4.78, 5) is 12.4. The van der Waals surface area contributed by atoms with Crippen LogP contribution in [0.1, 0.15) is 31.7 Å². The van der Waals surface area contributed by atoms with Gasteiger partial charge in [-0.25, -0.2) is 0 Å². The first-order valence-electron chi connectivity index (χ1n) is 6.93. The number of carbonyl (C=O) groups excluding carboxylic acids is 1. The van der Waals surface area contributed by atoms with Crippen LogP contribution >= 0.6 is 0 Å². The topological polar surface area (TPSA) is 59.3 Å². The van der Waals surface area contributed by atoms with Crippen molar-refractivity contribution < 1.29 is 14.3 Å². The summed E-state index contributed by atoms with van der Waals surface area (Å²) in [5, 5.41) is 9.31. The van der Waals surface area contributed by atoms with Gasteiger partial charge < -0.3 is 9.47 Å². The lowest BCUT2D eigenvalue weighted by molar-refractivity contribution is -0.123. The summed E-state index contributed by atoms with van der Waals surface area (Å²) < 4.78 is 10.8. The summed E-state index contributed by atoms with van der Waals surface area (Å²) >= 11 is 0. The van der Waals surface area contributed by atoms with Crippen molar-refractivity contribution in [3.8, 4) is 11.8 Å². The zero-order chi connectivity index (χ0) is 14.5. The molecule has 0 saturated carbocycles. The van der Waals surface area contributed by atoms with E-state index in [4.69, 9.17) is 9.47 Å². The number of hydrogen-bond donors (Lipinski definition) is 0. The maximum absolute atomic E-state index is 12.4. The van der Waals surface area contributed by atoms with Gasteiger partial charge in [-0.1, -0.05) is 12.1 Å². The average molecular weight is 273 g/mol. The first kappa shape index (κ1) is 14.5. The molecule has 20 heavy (non-hydrogen) atoms. The molecule has 4 nitrogen and oxygen atoms in total. The van der Waals surface area contributed by atoms with Crippen molar-refractivity contribution in [1.29, 1.82) is 5.26 Å². The smallest absolute Gasteiger partial charge is 0.159 e. The summed E-state index contributed by atoms with van der Waals surface area (Å²) in [6, 6.07) is 9.28. The third kappa shape index (κ3) is 3.17. The molecule has 1 saturated heterocycles. The molecule has 3 atom stereocenters. The molecule has 1 aromatic rings. The highest BCUT2D eigenvalue weighted by atomic mass is 16.5. The second-order valence-electron chi connectivity index (χ2n) is 5.04. The van der Waals surface area contributed by atoms with Crippen LogP contribution in [0.4, 0.5) is 0 Å². The number of rotatable bonds is 5. The summed E-state index contributed by atoms with van der Waals surface area (Å²) in [6.45, 7) is 4.88. The minimum atomic E-state index is -0.718. The second-order valence-corrected chi connectivity index (χ2v) is 5.04. The van der Waals surface area contributed by atoms with E-state index in [0.29, 0.717) is 19.6 Å². The van der Waals surface area contributed by atoms with E-state index in [1.807, 2.05) is 13.8 Å². The Kier molecular flexibility index (Phi) is 4.75. The predicted molar refractivity (Wildman–Crippen MR) is 74.5 cm³/mol. The molecular formula is C16H19NO3. The number of ketones is 1. The van der Waals surface area contributed by atoms with E-state index < -0.39 is 5.92 Å².